The monoisotopic (exact) mass is 383 g/mol. The smallest absolute Gasteiger partial charge is 0.338 e. The SMILES string of the molecule is CCOc1ccc(C(=O)OCCN2C(=O)c3ccccc3C2=O)cc1OCC. The van der Waals surface area contributed by atoms with E-state index in [1.807, 2.05) is 13.8 Å². The van der Waals surface area contributed by atoms with Crippen LogP contribution in [0.15, 0.2) is 42.5 Å². The van der Waals surface area contributed by atoms with Crippen LogP contribution in [-0.4, -0.2) is 49.0 Å². The summed E-state index contributed by atoms with van der Waals surface area (Å²) in [6.07, 6.45) is 0. The Labute approximate surface area is 162 Å². The van der Waals surface area contributed by atoms with E-state index in [1.54, 1.807) is 42.5 Å². The second kappa shape index (κ2) is 8.56. The molecule has 0 atom stereocenters. The summed E-state index contributed by atoms with van der Waals surface area (Å²) in [4.78, 5) is 38.0. The summed E-state index contributed by atoms with van der Waals surface area (Å²) in [6, 6.07) is 11.4. The largest absolute Gasteiger partial charge is 0.490 e. The Hall–Kier alpha value is -3.35. The van der Waals surface area contributed by atoms with Crippen LogP contribution < -0.4 is 9.47 Å². The summed E-state index contributed by atoms with van der Waals surface area (Å²) >= 11 is 0. The fourth-order valence-electron chi connectivity index (χ4n) is 2.93. The number of fused-ring (bicyclic) bond motifs is 1. The maximum atomic E-state index is 12.3. The summed E-state index contributed by atoms with van der Waals surface area (Å²) in [6.45, 7) is 4.50. The number of nitrogens with zero attached hydrogens (tertiary/aromatic N) is 1. The molecule has 2 aromatic rings. The Balaban J connectivity index is 1.61. The standard InChI is InChI=1S/C21H21NO6/c1-3-26-17-10-9-14(13-18(17)27-4-2)21(25)28-12-11-22-19(23)15-7-5-6-8-16(15)20(22)24/h5-10,13H,3-4,11-12H2,1-2H3. The Morgan fingerprint density at radius 3 is 2.11 bits per heavy atom. The first-order valence-electron chi connectivity index (χ1n) is 9.08. The van der Waals surface area contributed by atoms with Crippen molar-refractivity contribution < 1.29 is 28.6 Å². The molecule has 0 radical (unpaired) electrons. The molecule has 0 saturated carbocycles. The van der Waals surface area contributed by atoms with Crippen LogP contribution >= 0.6 is 0 Å². The fraction of sp³-hybridized carbons (Fsp3) is 0.286. The van der Waals surface area contributed by atoms with Gasteiger partial charge in [0.1, 0.15) is 6.61 Å². The number of esters is 1. The highest BCUT2D eigenvalue weighted by Crippen LogP contribution is 2.29. The predicted molar refractivity (Wildman–Crippen MR) is 101 cm³/mol. The molecular formula is C21H21NO6. The van der Waals surface area contributed by atoms with Gasteiger partial charge in [-0.25, -0.2) is 4.79 Å². The van der Waals surface area contributed by atoms with Crippen molar-refractivity contribution in [3.05, 3.63) is 59.2 Å². The lowest BCUT2D eigenvalue weighted by Crippen LogP contribution is -2.33. The number of rotatable bonds is 8. The highest BCUT2D eigenvalue weighted by atomic mass is 16.5. The first-order valence-corrected chi connectivity index (χ1v) is 9.08. The highest BCUT2D eigenvalue weighted by Gasteiger charge is 2.34. The molecule has 7 nitrogen and oxygen atoms in total. The predicted octanol–water partition coefficient (Wildman–Crippen LogP) is 2.94. The van der Waals surface area contributed by atoms with E-state index in [0.29, 0.717) is 41.4 Å². The molecule has 0 unspecified atom stereocenters. The van der Waals surface area contributed by atoms with E-state index in [2.05, 4.69) is 0 Å². The molecule has 1 aliphatic heterocycles. The minimum absolute atomic E-state index is 0.00651. The molecule has 2 aromatic carbocycles. The number of benzene rings is 2. The Kier molecular flexibility index (Phi) is 5.93. The molecule has 146 valence electrons. The lowest BCUT2D eigenvalue weighted by Gasteiger charge is -2.14. The molecular weight excluding hydrogens is 362 g/mol. The normalized spacial score (nSPS) is 12.7. The number of hydrogen-bond donors (Lipinski definition) is 0. The van der Waals surface area contributed by atoms with E-state index in [9.17, 15) is 14.4 Å². The van der Waals surface area contributed by atoms with Gasteiger partial charge in [0.2, 0.25) is 0 Å². The number of ether oxygens (including phenoxy) is 3. The minimum atomic E-state index is -0.569. The molecule has 3 rings (SSSR count). The van der Waals surface area contributed by atoms with Gasteiger partial charge in [0.15, 0.2) is 11.5 Å². The third-order valence-corrected chi connectivity index (χ3v) is 4.21. The van der Waals surface area contributed by atoms with E-state index in [1.165, 1.54) is 0 Å². The second-order valence-corrected chi connectivity index (χ2v) is 5.97. The van der Waals surface area contributed by atoms with Crippen molar-refractivity contribution in [1.82, 2.24) is 4.90 Å². The maximum Gasteiger partial charge on any atom is 0.338 e. The van der Waals surface area contributed by atoms with E-state index in [0.717, 1.165) is 4.90 Å². The van der Waals surface area contributed by atoms with Crippen molar-refractivity contribution in [3.8, 4) is 11.5 Å². The highest BCUT2D eigenvalue weighted by molar-refractivity contribution is 6.21. The van der Waals surface area contributed by atoms with Gasteiger partial charge in [-0.3, -0.25) is 14.5 Å². The summed E-state index contributed by atoms with van der Waals surface area (Å²) in [5, 5.41) is 0. The van der Waals surface area contributed by atoms with Crippen molar-refractivity contribution in [2.45, 2.75) is 13.8 Å². The number of carbonyl (C=O) groups is 3. The Morgan fingerprint density at radius 2 is 1.50 bits per heavy atom. The molecule has 28 heavy (non-hydrogen) atoms. The average Bonchev–Trinajstić information content (AvgIpc) is 2.94. The molecule has 0 saturated heterocycles. The number of hydrogen-bond acceptors (Lipinski definition) is 6. The van der Waals surface area contributed by atoms with Crippen LogP contribution in [0.2, 0.25) is 0 Å². The zero-order valence-corrected chi connectivity index (χ0v) is 15.8. The maximum absolute atomic E-state index is 12.3. The van der Waals surface area contributed by atoms with E-state index >= 15 is 0 Å². The van der Waals surface area contributed by atoms with Crippen LogP contribution in [0.25, 0.3) is 0 Å². The van der Waals surface area contributed by atoms with E-state index in [-0.39, 0.29) is 25.0 Å². The van der Waals surface area contributed by atoms with Crippen molar-refractivity contribution >= 4 is 17.8 Å². The lowest BCUT2D eigenvalue weighted by molar-refractivity contribution is 0.0420. The summed E-state index contributed by atoms with van der Waals surface area (Å²) in [5.41, 5.74) is 1.03. The second-order valence-electron chi connectivity index (χ2n) is 5.97. The molecule has 0 fully saturated rings. The van der Waals surface area contributed by atoms with E-state index in [4.69, 9.17) is 14.2 Å². The van der Waals surface area contributed by atoms with Gasteiger partial charge in [-0.2, -0.15) is 0 Å². The van der Waals surface area contributed by atoms with Gasteiger partial charge in [-0.1, -0.05) is 12.1 Å². The molecule has 0 aromatic heterocycles. The van der Waals surface area contributed by atoms with Crippen molar-refractivity contribution in [2.75, 3.05) is 26.4 Å². The molecule has 0 N–H and O–H groups in total. The number of amides is 2. The van der Waals surface area contributed by atoms with Gasteiger partial charge in [-0.15, -0.1) is 0 Å². The third kappa shape index (κ3) is 3.83. The van der Waals surface area contributed by atoms with Crippen molar-refractivity contribution in [3.63, 3.8) is 0 Å². The summed E-state index contributed by atoms with van der Waals surface area (Å²) in [7, 11) is 0. The quantitative estimate of drug-likeness (QED) is 0.515. The van der Waals surface area contributed by atoms with Crippen molar-refractivity contribution in [1.29, 1.82) is 0 Å². The molecule has 7 heteroatoms. The Morgan fingerprint density at radius 1 is 0.893 bits per heavy atom. The van der Waals surface area contributed by atoms with Gasteiger partial charge >= 0.3 is 5.97 Å². The molecule has 0 spiro atoms. The van der Waals surface area contributed by atoms with E-state index < -0.39 is 5.97 Å². The molecule has 0 aliphatic carbocycles. The van der Waals surface area contributed by atoms with Crippen LogP contribution in [0.3, 0.4) is 0 Å². The lowest BCUT2D eigenvalue weighted by atomic mass is 10.1. The number of carbonyl (C=O) groups excluding carboxylic acids is 3. The molecule has 1 heterocycles. The van der Waals surface area contributed by atoms with Crippen LogP contribution in [0.5, 0.6) is 11.5 Å². The summed E-state index contributed by atoms with van der Waals surface area (Å²) < 4.78 is 16.2. The van der Waals surface area contributed by atoms with Gasteiger partial charge in [0.25, 0.3) is 11.8 Å². The first-order chi connectivity index (χ1) is 13.6. The van der Waals surface area contributed by atoms with Gasteiger partial charge in [-0.05, 0) is 44.2 Å². The first kappa shape index (κ1) is 19.4. The van der Waals surface area contributed by atoms with Gasteiger partial charge < -0.3 is 14.2 Å². The molecule has 0 bridgehead atoms. The third-order valence-electron chi connectivity index (χ3n) is 4.21. The Bertz CT molecular complexity index is 873. The average molecular weight is 383 g/mol. The number of imide groups is 1. The molecule has 1 aliphatic rings. The topological polar surface area (TPSA) is 82.1 Å². The zero-order chi connectivity index (χ0) is 20.1. The summed E-state index contributed by atoms with van der Waals surface area (Å²) in [5.74, 6) is -0.320. The van der Waals surface area contributed by atoms with Crippen LogP contribution in [0.1, 0.15) is 44.9 Å². The minimum Gasteiger partial charge on any atom is -0.490 e. The fourth-order valence-corrected chi connectivity index (χ4v) is 2.93. The van der Waals surface area contributed by atoms with Crippen molar-refractivity contribution in [2.24, 2.45) is 0 Å². The van der Waals surface area contributed by atoms with Gasteiger partial charge in [0, 0.05) is 0 Å². The van der Waals surface area contributed by atoms with Crippen LogP contribution in [0.4, 0.5) is 0 Å². The van der Waals surface area contributed by atoms with Crippen LogP contribution in [0, 0.1) is 0 Å². The zero-order valence-electron chi connectivity index (χ0n) is 15.8. The van der Waals surface area contributed by atoms with Gasteiger partial charge in [0.05, 0.1) is 36.4 Å². The molecule has 2 amide bonds. The van der Waals surface area contributed by atoms with Crippen LogP contribution in [-0.2, 0) is 4.74 Å².